The van der Waals surface area contributed by atoms with Gasteiger partial charge in [0.15, 0.2) is 5.78 Å². The Kier molecular flexibility index (Phi) is 5.33. The fourth-order valence-corrected chi connectivity index (χ4v) is 1.66. The fraction of sp³-hybridized carbons (Fsp3) is 0.143. The molecule has 2 rings (SSSR count). The molecule has 0 atom stereocenters. The zero-order valence-corrected chi connectivity index (χ0v) is 10.8. The highest BCUT2D eigenvalue weighted by Crippen LogP contribution is 2.19. The van der Waals surface area contributed by atoms with Gasteiger partial charge in [-0.25, -0.2) is 0 Å². The Morgan fingerprint density at radius 2 is 2.00 bits per heavy atom. The van der Waals surface area contributed by atoms with Crippen LogP contribution in [0.1, 0.15) is 15.9 Å². The van der Waals surface area contributed by atoms with Gasteiger partial charge in [-0.3, -0.25) is 9.78 Å². The molecule has 0 fully saturated rings. The fourth-order valence-electron chi connectivity index (χ4n) is 1.66. The summed E-state index contributed by atoms with van der Waals surface area (Å²) in [5.41, 5.74) is 1.52. The third kappa shape index (κ3) is 3.31. The number of carbonyl (C=O) groups excluding carboxylic acids is 1. The highest BCUT2D eigenvalue weighted by atomic mass is 35.5. The molecular weight excluding hydrogens is 250 g/mol. The summed E-state index contributed by atoms with van der Waals surface area (Å²) in [6.45, 7) is 0. The van der Waals surface area contributed by atoms with Gasteiger partial charge in [0.05, 0.1) is 12.7 Å². The highest BCUT2D eigenvalue weighted by Gasteiger charge is 2.11. The lowest BCUT2D eigenvalue weighted by atomic mass is 10.0. The average Bonchev–Trinajstić information content (AvgIpc) is 2.40. The molecule has 0 spiro atoms. The maximum Gasteiger partial charge on any atom is 0.171 e. The Hall–Kier alpha value is -1.87. The number of ketones is 1. The second-order valence-electron chi connectivity index (χ2n) is 3.66. The predicted molar refractivity (Wildman–Crippen MR) is 72.5 cm³/mol. The third-order valence-electron chi connectivity index (χ3n) is 2.49. The molecule has 0 N–H and O–H groups in total. The van der Waals surface area contributed by atoms with Gasteiger partial charge in [-0.2, -0.15) is 0 Å². The zero-order chi connectivity index (χ0) is 12.1. The lowest BCUT2D eigenvalue weighted by molar-refractivity contribution is 0.0990. The molecule has 0 amide bonds. The Labute approximate surface area is 112 Å². The molecule has 1 aromatic heterocycles. The number of para-hydroxylation sites is 1. The number of carbonyl (C=O) groups is 1. The van der Waals surface area contributed by atoms with Crippen LogP contribution in [0.2, 0.25) is 0 Å². The van der Waals surface area contributed by atoms with Crippen LogP contribution in [0.25, 0.3) is 0 Å². The van der Waals surface area contributed by atoms with E-state index in [1.807, 2.05) is 24.3 Å². The zero-order valence-electron chi connectivity index (χ0n) is 10.00. The molecule has 1 aromatic carbocycles. The van der Waals surface area contributed by atoms with Gasteiger partial charge < -0.3 is 4.74 Å². The van der Waals surface area contributed by atoms with Gasteiger partial charge in [0, 0.05) is 18.8 Å². The van der Waals surface area contributed by atoms with Gasteiger partial charge in [-0.15, -0.1) is 12.4 Å². The van der Waals surface area contributed by atoms with Crippen molar-refractivity contribution in [3.05, 3.63) is 59.9 Å². The second kappa shape index (κ2) is 6.77. The van der Waals surface area contributed by atoms with Crippen LogP contribution in [0, 0.1) is 0 Å². The monoisotopic (exact) mass is 263 g/mol. The van der Waals surface area contributed by atoms with Crippen molar-refractivity contribution in [2.45, 2.75) is 6.42 Å². The standard InChI is InChI=1S/C14H13NO2.ClH/c1-17-14-7-3-2-6-12(14)13(16)9-11-5-4-8-15-10-11;/h2-8,10H,9H2,1H3;1H. The van der Waals surface area contributed by atoms with Gasteiger partial charge in [0.2, 0.25) is 0 Å². The SMILES string of the molecule is COc1ccccc1C(=O)Cc1cccnc1.Cl. The number of Topliss-reactive ketones (excluding diaryl/α,β-unsaturated/α-hetero) is 1. The van der Waals surface area contributed by atoms with E-state index in [2.05, 4.69) is 4.98 Å². The van der Waals surface area contributed by atoms with E-state index in [1.54, 1.807) is 31.6 Å². The van der Waals surface area contributed by atoms with Gasteiger partial charge in [-0.1, -0.05) is 18.2 Å². The number of aromatic nitrogens is 1. The highest BCUT2D eigenvalue weighted by molar-refractivity contribution is 5.99. The first-order chi connectivity index (χ1) is 8.31. The van der Waals surface area contributed by atoms with Gasteiger partial charge in [0.1, 0.15) is 5.75 Å². The van der Waals surface area contributed by atoms with E-state index < -0.39 is 0 Å². The van der Waals surface area contributed by atoms with Gasteiger partial charge >= 0.3 is 0 Å². The van der Waals surface area contributed by atoms with E-state index >= 15 is 0 Å². The van der Waals surface area contributed by atoms with E-state index in [-0.39, 0.29) is 18.2 Å². The Bertz CT molecular complexity index is 514. The smallest absolute Gasteiger partial charge is 0.171 e. The largest absolute Gasteiger partial charge is 0.496 e. The molecule has 18 heavy (non-hydrogen) atoms. The Balaban J connectivity index is 0.00000162. The van der Waals surface area contributed by atoms with E-state index in [4.69, 9.17) is 4.74 Å². The molecule has 1 heterocycles. The van der Waals surface area contributed by atoms with E-state index in [9.17, 15) is 4.79 Å². The van der Waals surface area contributed by atoms with Crippen LogP contribution < -0.4 is 4.74 Å². The minimum atomic E-state index is 0. The van der Waals surface area contributed by atoms with Crippen LogP contribution in [-0.2, 0) is 6.42 Å². The van der Waals surface area contributed by atoms with Crippen molar-refractivity contribution in [3.8, 4) is 5.75 Å². The maximum atomic E-state index is 12.1. The third-order valence-corrected chi connectivity index (χ3v) is 2.49. The molecule has 3 nitrogen and oxygen atoms in total. The number of methoxy groups -OCH3 is 1. The van der Waals surface area contributed by atoms with Crippen molar-refractivity contribution < 1.29 is 9.53 Å². The summed E-state index contributed by atoms with van der Waals surface area (Å²) in [4.78, 5) is 16.1. The van der Waals surface area contributed by atoms with Gasteiger partial charge in [0.25, 0.3) is 0 Å². The molecule has 0 saturated carbocycles. The summed E-state index contributed by atoms with van der Waals surface area (Å²) in [6.07, 6.45) is 3.73. The topological polar surface area (TPSA) is 39.2 Å². The molecule has 94 valence electrons. The summed E-state index contributed by atoms with van der Waals surface area (Å²) in [5.74, 6) is 0.650. The minimum absolute atomic E-state index is 0. The molecule has 0 saturated heterocycles. The molecule has 0 aliphatic heterocycles. The summed E-state index contributed by atoms with van der Waals surface area (Å²) in [7, 11) is 1.57. The van der Waals surface area contributed by atoms with Crippen LogP contribution in [0.4, 0.5) is 0 Å². The molecule has 0 bridgehead atoms. The molecular formula is C14H14ClNO2. The molecule has 0 radical (unpaired) electrons. The number of nitrogens with zero attached hydrogens (tertiary/aromatic N) is 1. The molecule has 4 heteroatoms. The van der Waals surface area contributed by atoms with E-state index in [0.29, 0.717) is 17.7 Å². The first-order valence-corrected chi connectivity index (χ1v) is 5.36. The number of rotatable bonds is 4. The number of benzene rings is 1. The summed E-state index contributed by atoms with van der Waals surface area (Å²) in [5, 5.41) is 0. The first-order valence-electron chi connectivity index (χ1n) is 5.36. The number of pyridine rings is 1. The molecule has 0 aliphatic carbocycles. The summed E-state index contributed by atoms with van der Waals surface area (Å²) < 4.78 is 5.17. The first kappa shape index (κ1) is 14.2. The summed E-state index contributed by atoms with van der Waals surface area (Å²) >= 11 is 0. The molecule has 0 aliphatic rings. The van der Waals surface area contributed by atoms with E-state index in [0.717, 1.165) is 5.56 Å². The van der Waals surface area contributed by atoms with Crippen LogP contribution >= 0.6 is 12.4 Å². The van der Waals surface area contributed by atoms with Crippen molar-refractivity contribution in [1.82, 2.24) is 4.98 Å². The van der Waals surface area contributed by atoms with Crippen LogP contribution in [0.15, 0.2) is 48.8 Å². The van der Waals surface area contributed by atoms with Crippen molar-refractivity contribution in [3.63, 3.8) is 0 Å². The quantitative estimate of drug-likeness (QED) is 0.796. The average molecular weight is 264 g/mol. The number of hydrogen-bond acceptors (Lipinski definition) is 3. The summed E-state index contributed by atoms with van der Waals surface area (Å²) in [6, 6.07) is 11.0. The van der Waals surface area contributed by atoms with Crippen molar-refractivity contribution in [1.29, 1.82) is 0 Å². The van der Waals surface area contributed by atoms with Crippen LogP contribution in [-0.4, -0.2) is 17.9 Å². The van der Waals surface area contributed by atoms with Crippen LogP contribution in [0.5, 0.6) is 5.75 Å². The number of hydrogen-bond donors (Lipinski definition) is 0. The second-order valence-corrected chi connectivity index (χ2v) is 3.66. The predicted octanol–water partition coefficient (Wildman–Crippen LogP) is 2.94. The maximum absolute atomic E-state index is 12.1. The van der Waals surface area contributed by atoms with E-state index in [1.165, 1.54) is 0 Å². The minimum Gasteiger partial charge on any atom is -0.496 e. The Morgan fingerprint density at radius 3 is 2.67 bits per heavy atom. The lowest BCUT2D eigenvalue weighted by Crippen LogP contribution is -2.05. The lowest BCUT2D eigenvalue weighted by Gasteiger charge is -2.06. The van der Waals surface area contributed by atoms with Crippen LogP contribution in [0.3, 0.4) is 0 Å². The van der Waals surface area contributed by atoms with Crippen molar-refractivity contribution in [2.24, 2.45) is 0 Å². The number of halogens is 1. The van der Waals surface area contributed by atoms with Gasteiger partial charge in [-0.05, 0) is 23.8 Å². The molecule has 2 aromatic rings. The van der Waals surface area contributed by atoms with Crippen molar-refractivity contribution >= 4 is 18.2 Å². The van der Waals surface area contributed by atoms with Crippen molar-refractivity contribution in [2.75, 3.05) is 7.11 Å². The molecule has 0 unspecified atom stereocenters. The normalized spacial score (nSPS) is 9.39. The number of ether oxygens (including phenoxy) is 1. The Morgan fingerprint density at radius 1 is 1.22 bits per heavy atom.